The van der Waals surface area contributed by atoms with Crippen LogP contribution < -0.4 is 0 Å². The Hall–Kier alpha value is -10.2. The van der Waals surface area contributed by atoms with Crippen LogP contribution in [0.15, 0.2) is 218 Å². The molecule has 5 aliphatic rings. The number of rotatable bonds is 6. The molecule has 83 heavy (non-hydrogen) atoms. The summed E-state index contributed by atoms with van der Waals surface area (Å²) in [6.07, 6.45) is 17.9. The van der Waals surface area contributed by atoms with E-state index < -0.39 is 0 Å². The molecule has 0 aliphatic heterocycles. The molecule has 3 aromatic heterocycles. The molecule has 0 amide bonds. The molecule has 2 atom stereocenters. The number of nitrogens with zero attached hydrogens (tertiary/aromatic N) is 4. The summed E-state index contributed by atoms with van der Waals surface area (Å²) in [6.45, 7) is 2.37. The summed E-state index contributed by atoms with van der Waals surface area (Å²) in [5.74, 6) is 1.29. The Morgan fingerprint density at radius 2 is 0.988 bits per heavy atom. The minimum atomic E-state index is 0.266. The first kappa shape index (κ1) is 46.6. The molecule has 0 saturated carbocycles. The Morgan fingerprint density at radius 1 is 0.373 bits per heavy atom. The van der Waals surface area contributed by atoms with Gasteiger partial charge in [0.15, 0.2) is 5.82 Å². The third-order valence-corrected chi connectivity index (χ3v) is 18.8. The molecule has 0 radical (unpaired) electrons. The zero-order valence-electron chi connectivity index (χ0n) is 45.8. The first-order valence-electron chi connectivity index (χ1n) is 29.4. The smallest absolute Gasteiger partial charge is 0.160 e. The molecule has 0 saturated heterocycles. The second kappa shape index (κ2) is 17.9. The zero-order valence-corrected chi connectivity index (χ0v) is 45.8. The Bertz CT molecular complexity index is 5070. The number of benzene rings is 10. The summed E-state index contributed by atoms with van der Waals surface area (Å²) in [5, 5.41) is 7.24. The lowest BCUT2D eigenvalue weighted by atomic mass is 9.77. The van der Waals surface area contributed by atoms with Crippen LogP contribution in [0.5, 0.6) is 0 Å². The highest BCUT2D eigenvalue weighted by atomic mass is 14.9. The van der Waals surface area contributed by atoms with Crippen LogP contribution in [-0.2, 0) is 12.8 Å². The van der Waals surface area contributed by atoms with Crippen LogP contribution in [0.25, 0.3) is 162 Å². The number of fused-ring (bicyclic) bond motifs is 13. The van der Waals surface area contributed by atoms with Gasteiger partial charge in [-0.15, -0.1) is 0 Å². The van der Waals surface area contributed by atoms with Crippen molar-refractivity contribution in [3.63, 3.8) is 0 Å². The van der Waals surface area contributed by atoms with Crippen molar-refractivity contribution in [3.8, 4) is 101 Å². The number of aryl methyl sites for hydroxylation is 2. The fourth-order valence-electron chi connectivity index (χ4n) is 15.0. The fraction of sp³-hybridized carbons (Fsp3) is 0.0886. The molecule has 0 N–H and O–H groups in total. The first-order chi connectivity index (χ1) is 41.1. The van der Waals surface area contributed by atoms with Gasteiger partial charge in [-0.1, -0.05) is 219 Å². The average Bonchev–Trinajstić information content (AvgIpc) is 2.85. The van der Waals surface area contributed by atoms with E-state index >= 15 is 0 Å². The predicted molar refractivity (Wildman–Crippen MR) is 345 cm³/mol. The number of hydrogen-bond donors (Lipinski definition) is 0. The maximum atomic E-state index is 5.81. The lowest BCUT2D eigenvalue weighted by Crippen LogP contribution is -2.12. The molecule has 4 nitrogen and oxygen atoms in total. The van der Waals surface area contributed by atoms with Gasteiger partial charge in [-0.2, -0.15) is 0 Å². The Labute approximate surface area is 481 Å². The summed E-state index contributed by atoms with van der Waals surface area (Å²) in [6, 6.07) is 74.2. The van der Waals surface area contributed by atoms with E-state index in [4.69, 9.17) is 19.9 Å². The molecule has 18 rings (SSSR count). The van der Waals surface area contributed by atoms with Gasteiger partial charge in [0.05, 0.1) is 33.8 Å². The van der Waals surface area contributed by atoms with Crippen molar-refractivity contribution in [2.24, 2.45) is 5.92 Å². The number of aromatic nitrogens is 4. The molecule has 5 aliphatic carbocycles. The minimum absolute atomic E-state index is 0.266. The SMILES string of the molecule is CC1C=Cc2c(-c3cc(-c4ccc5c6c(cccc46)-c4ccccc4-5)cc4c(-c5ccc(-c6nc7c(c8ccccc68)CCC=C7)cc5)nc(-c5ccc(-c6nc7ccccc7c7c6C=CCC7)cc5)nc34)ccc3c2C1c1ccccc1-3. The highest BCUT2D eigenvalue weighted by Gasteiger charge is 2.37. The minimum Gasteiger partial charge on any atom is -0.247 e. The molecule has 3 heterocycles. The normalized spacial score (nSPS) is 15.7. The maximum Gasteiger partial charge on any atom is 0.160 e. The summed E-state index contributed by atoms with van der Waals surface area (Å²) in [7, 11) is 0. The number of allylic oxidation sites excluding steroid dienone is 3. The highest BCUT2D eigenvalue weighted by Crippen LogP contribution is 2.56. The second-order valence-electron chi connectivity index (χ2n) is 23.3. The molecule has 0 bridgehead atoms. The van der Waals surface area contributed by atoms with Crippen LogP contribution in [0.4, 0.5) is 0 Å². The Balaban J connectivity index is 0.888. The summed E-state index contributed by atoms with van der Waals surface area (Å²) < 4.78 is 0. The molecular formula is C79H52N4. The standard InChI is InChI=1S/C79H52N4/c1-45-29-38-64-57(40-42-65-56-19-4-7-22-61(56)72(45)74(64)65)68-43-50(51-39-41-63-53-16-3-2-15-52(53)62-26-14-25-60(51)73(62)63)44-69-77(48-32-30-46(31-33-48)75-66-23-8-5-17-54(66)58-20-10-12-27-70(58)80-75)82-79(83-78(68)69)49-36-34-47(35-37-49)76-67-24-9-6-18-55(67)59-21-11-13-28-71(59)81-76/h2-5,7-9,11-17,19,21-45,72H,6,10,18,20H2,1H3. The van der Waals surface area contributed by atoms with Gasteiger partial charge in [-0.25, -0.2) is 19.9 Å². The van der Waals surface area contributed by atoms with Crippen molar-refractivity contribution < 1.29 is 0 Å². The van der Waals surface area contributed by atoms with Gasteiger partial charge in [0.1, 0.15) is 0 Å². The van der Waals surface area contributed by atoms with Crippen LogP contribution in [0.3, 0.4) is 0 Å². The molecule has 13 aromatic rings. The average molecular weight is 1060 g/mol. The van der Waals surface area contributed by atoms with Gasteiger partial charge in [-0.05, 0) is 150 Å². The van der Waals surface area contributed by atoms with Gasteiger partial charge in [0.2, 0.25) is 0 Å². The topological polar surface area (TPSA) is 51.6 Å². The molecule has 4 heteroatoms. The molecule has 10 aromatic carbocycles. The Kier molecular flexibility index (Phi) is 10.1. The van der Waals surface area contributed by atoms with E-state index in [0.717, 1.165) is 98.3 Å². The van der Waals surface area contributed by atoms with Gasteiger partial charge in [0, 0.05) is 55.5 Å². The number of hydrogen-bond acceptors (Lipinski definition) is 4. The van der Waals surface area contributed by atoms with Gasteiger partial charge in [-0.3, -0.25) is 0 Å². The number of pyridine rings is 2. The lowest BCUT2D eigenvalue weighted by Gasteiger charge is -2.27. The van der Waals surface area contributed by atoms with Crippen molar-refractivity contribution in [1.82, 2.24) is 19.9 Å². The monoisotopic (exact) mass is 1060 g/mol. The quantitative estimate of drug-likeness (QED) is 0.167. The second-order valence-corrected chi connectivity index (χ2v) is 23.3. The van der Waals surface area contributed by atoms with Crippen LogP contribution in [0.2, 0.25) is 0 Å². The van der Waals surface area contributed by atoms with E-state index in [1.165, 1.54) is 105 Å². The van der Waals surface area contributed by atoms with E-state index in [1.807, 2.05) is 0 Å². The molecule has 0 fully saturated rings. The van der Waals surface area contributed by atoms with Crippen molar-refractivity contribution in [2.45, 2.75) is 38.5 Å². The van der Waals surface area contributed by atoms with Gasteiger partial charge >= 0.3 is 0 Å². The van der Waals surface area contributed by atoms with E-state index in [1.54, 1.807) is 0 Å². The Morgan fingerprint density at radius 3 is 1.81 bits per heavy atom. The van der Waals surface area contributed by atoms with Crippen molar-refractivity contribution in [2.75, 3.05) is 0 Å². The first-order valence-corrected chi connectivity index (χ1v) is 29.4. The predicted octanol–water partition coefficient (Wildman–Crippen LogP) is 20.2. The zero-order chi connectivity index (χ0) is 54.4. The van der Waals surface area contributed by atoms with Gasteiger partial charge < -0.3 is 0 Å². The van der Waals surface area contributed by atoms with Gasteiger partial charge in [0.25, 0.3) is 0 Å². The molecule has 2 unspecified atom stereocenters. The van der Waals surface area contributed by atoms with E-state index in [0.29, 0.717) is 11.7 Å². The van der Waals surface area contributed by atoms with Crippen LogP contribution in [0, 0.1) is 5.92 Å². The largest absolute Gasteiger partial charge is 0.247 e. The third kappa shape index (κ3) is 6.93. The van der Waals surface area contributed by atoms with Crippen LogP contribution in [0.1, 0.15) is 64.8 Å². The third-order valence-electron chi connectivity index (χ3n) is 18.8. The van der Waals surface area contributed by atoms with Crippen molar-refractivity contribution in [1.29, 1.82) is 0 Å². The summed E-state index contributed by atoms with van der Waals surface area (Å²) in [4.78, 5) is 22.2. The van der Waals surface area contributed by atoms with Crippen molar-refractivity contribution >= 4 is 61.6 Å². The fourth-order valence-corrected chi connectivity index (χ4v) is 15.0. The van der Waals surface area contributed by atoms with E-state index in [2.05, 4.69) is 244 Å². The molecule has 0 spiro atoms. The lowest BCUT2D eigenvalue weighted by molar-refractivity contribution is 0.631. The highest BCUT2D eigenvalue weighted by molar-refractivity contribution is 6.19. The number of para-hydroxylation sites is 1. The molecule has 388 valence electrons. The molecular weight excluding hydrogens is 1000 g/mol. The van der Waals surface area contributed by atoms with Crippen molar-refractivity contribution in [3.05, 3.63) is 257 Å². The summed E-state index contributed by atoms with van der Waals surface area (Å²) in [5.41, 5.74) is 30.4. The maximum absolute atomic E-state index is 5.81. The van der Waals surface area contributed by atoms with Crippen LogP contribution in [-0.4, -0.2) is 19.9 Å². The van der Waals surface area contributed by atoms with E-state index in [-0.39, 0.29) is 5.92 Å². The van der Waals surface area contributed by atoms with E-state index in [9.17, 15) is 0 Å². The van der Waals surface area contributed by atoms with Crippen LogP contribution >= 0.6 is 0 Å². The summed E-state index contributed by atoms with van der Waals surface area (Å²) >= 11 is 0.